The summed E-state index contributed by atoms with van der Waals surface area (Å²) in [5.41, 5.74) is 8.52. The third kappa shape index (κ3) is 8.45. The predicted octanol–water partition coefficient (Wildman–Crippen LogP) is 9.03. The van der Waals surface area contributed by atoms with E-state index in [-0.39, 0.29) is 18.0 Å². The second-order valence-corrected chi connectivity index (χ2v) is 13.2. The third-order valence-corrected chi connectivity index (χ3v) is 8.75. The number of fused-ring (bicyclic) bond motifs is 1. The van der Waals surface area contributed by atoms with Gasteiger partial charge in [-0.2, -0.15) is 5.10 Å². The van der Waals surface area contributed by atoms with E-state index >= 15 is 0 Å². The number of rotatable bonds is 10. The molecular formula is C36H54N4O2. The van der Waals surface area contributed by atoms with Gasteiger partial charge in [0.15, 0.2) is 0 Å². The van der Waals surface area contributed by atoms with E-state index in [0.29, 0.717) is 22.6 Å². The molecule has 4 rings (SSSR count). The molecule has 1 unspecified atom stereocenters. The highest BCUT2D eigenvalue weighted by atomic mass is 16.1. The molecule has 1 amide bonds. The van der Waals surface area contributed by atoms with E-state index in [1.54, 1.807) is 11.1 Å². The van der Waals surface area contributed by atoms with E-state index < -0.39 is 0 Å². The number of unbranched alkanes of at least 4 members (excludes halogenated alkanes) is 2. The number of pyridine rings is 1. The lowest BCUT2D eigenvalue weighted by molar-refractivity contribution is 0.0952. The smallest absolute Gasteiger partial charge is 0.253 e. The molecule has 0 radical (unpaired) electrons. The Morgan fingerprint density at radius 1 is 1.05 bits per heavy atom. The van der Waals surface area contributed by atoms with Crippen LogP contribution in [0.15, 0.2) is 40.3 Å². The monoisotopic (exact) mass is 574 g/mol. The van der Waals surface area contributed by atoms with E-state index in [0.717, 1.165) is 47.0 Å². The number of aryl methyl sites for hydroxylation is 3. The number of allylic oxidation sites excluding steroid dienone is 2. The Hall–Kier alpha value is -3.15. The van der Waals surface area contributed by atoms with E-state index in [1.165, 1.54) is 38.5 Å². The van der Waals surface area contributed by atoms with Gasteiger partial charge in [-0.25, -0.2) is 0 Å². The topological polar surface area (TPSA) is 79.8 Å². The van der Waals surface area contributed by atoms with Crippen LogP contribution in [0.5, 0.6) is 0 Å². The molecule has 6 nitrogen and oxygen atoms in total. The maximum Gasteiger partial charge on any atom is 0.253 e. The van der Waals surface area contributed by atoms with Crippen LogP contribution in [-0.4, -0.2) is 20.7 Å². The van der Waals surface area contributed by atoms with E-state index in [2.05, 4.69) is 62.6 Å². The average molecular weight is 575 g/mol. The van der Waals surface area contributed by atoms with Crippen LogP contribution in [-0.2, 0) is 6.54 Å². The molecule has 2 N–H and O–H groups in total. The van der Waals surface area contributed by atoms with Gasteiger partial charge in [-0.15, -0.1) is 0 Å². The fourth-order valence-corrected chi connectivity index (χ4v) is 5.74. The van der Waals surface area contributed by atoms with Gasteiger partial charge in [-0.05, 0) is 94.5 Å². The lowest BCUT2D eigenvalue weighted by Crippen LogP contribution is -2.28. The normalized spacial score (nSPS) is 13.8. The predicted molar refractivity (Wildman–Crippen MR) is 176 cm³/mol. The highest BCUT2D eigenvalue weighted by molar-refractivity contribution is 6.06. The maximum absolute atomic E-state index is 13.1. The van der Waals surface area contributed by atoms with Crippen LogP contribution in [0, 0.1) is 26.2 Å². The number of aromatic nitrogens is 3. The molecule has 42 heavy (non-hydrogen) atoms. The Labute approximate surface area is 253 Å². The van der Waals surface area contributed by atoms with Crippen molar-refractivity contribution in [2.24, 2.45) is 5.41 Å². The number of nitrogens with zero attached hydrogens (tertiary/aromatic N) is 2. The molecule has 0 saturated heterocycles. The fraction of sp³-hybridized carbons (Fsp3) is 0.583. The molecule has 3 aromatic rings. The summed E-state index contributed by atoms with van der Waals surface area (Å²) in [7, 11) is 0. The van der Waals surface area contributed by atoms with Crippen LogP contribution < -0.4 is 10.9 Å². The summed E-state index contributed by atoms with van der Waals surface area (Å²) in [6.07, 6.45) is 12.9. The van der Waals surface area contributed by atoms with Crippen molar-refractivity contribution in [1.82, 2.24) is 20.1 Å². The largest absolute Gasteiger partial charge is 0.348 e. The van der Waals surface area contributed by atoms with E-state index in [4.69, 9.17) is 5.10 Å². The zero-order valence-corrected chi connectivity index (χ0v) is 27.7. The van der Waals surface area contributed by atoms with E-state index in [1.807, 2.05) is 39.1 Å². The Kier molecular flexibility index (Phi) is 11.8. The number of nitrogens with one attached hydrogen (secondary N) is 2. The number of amides is 1. The van der Waals surface area contributed by atoms with Crippen molar-refractivity contribution in [3.63, 3.8) is 0 Å². The minimum absolute atomic E-state index is 0.153. The molecule has 1 aromatic carbocycles. The molecule has 1 fully saturated rings. The van der Waals surface area contributed by atoms with Crippen LogP contribution >= 0.6 is 0 Å². The van der Waals surface area contributed by atoms with Crippen molar-refractivity contribution < 1.29 is 4.79 Å². The Balaban J connectivity index is 0.000000408. The highest BCUT2D eigenvalue weighted by Crippen LogP contribution is 2.36. The molecule has 6 heteroatoms. The van der Waals surface area contributed by atoms with Crippen molar-refractivity contribution >= 4 is 16.8 Å². The minimum Gasteiger partial charge on any atom is -0.348 e. The molecule has 2 aromatic heterocycles. The number of carbonyl (C=O) groups is 1. The van der Waals surface area contributed by atoms with Gasteiger partial charge in [0, 0.05) is 23.2 Å². The number of aromatic amines is 1. The van der Waals surface area contributed by atoms with Crippen molar-refractivity contribution in [1.29, 1.82) is 0 Å². The fourth-order valence-electron chi connectivity index (χ4n) is 5.74. The summed E-state index contributed by atoms with van der Waals surface area (Å²) in [5, 5.41) is 8.52. The molecule has 0 bridgehead atoms. The number of H-pyrrole nitrogens is 1. The number of hydrogen-bond donors (Lipinski definition) is 2. The quantitative estimate of drug-likeness (QED) is 0.187. The summed E-state index contributed by atoms with van der Waals surface area (Å²) in [6.45, 7) is 19.6. The SMILES string of the molecule is CC(=C1CCC1)C(C)(C)C.CCCCCC(CCC)n1ncc2c(C(=O)NCc3c(C)cc(C)[nH]c3=O)cc(C)cc21. The molecule has 230 valence electrons. The number of carbonyl (C=O) groups excluding carboxylic acids is 1. The first-order chi connectivity index (χ1) is 19.9. The van der Waals surface area contributed by atoms with Gasteiger partial charge in [0.05, 0.1) is 23.3 Å². The van der Waals surface area contributed by atoms with Crippen LogP contribution in [0.3, 0.4) is 0 Å². The molecular weight excluding hydrogens is 520 g/mol. The summed E-state index contributed by atoms with van der Waals surface area (Å²) >= 11 is 0. The van der Waals surface area contributed by atoms with Crippen LogP contribution in [0.25, 0.3) is 10.9 Å². The second-order valence-electron chi connectivity index (χ2n) is 13.2. The van der Waals surface area contributed by atoms with Gasteiger partial charge in [0.25, 0.3) is 11.5 Å². The number of hydrogen-bond acceptors (Lipinski definition) is 3. The van der Waals surface area contributed by atoms with Crippen molar-refractivity contribution in [3.05, 3.63) is 73.8 Å². The van der Waals surface area contributed by atoms with Crippen molar-refractivity contribution in [2.45, 2.75) is 133 Å². The van der Waals surface area contributed by atoms with Gasteiger partial charge in [-0.3, -0.25) is 14.3 Å². The van der Waals surface area contributed by atoms with Crippen LogP contribution in [0.4, 0.5) is 0 Å². The average Bonchev–Trinajstić information content (AvgIpc) is 3.29. The first-order valence-electron chi connectivity index (χ1n) is 16.0. The van der Waals surface area contributed by atoms with Crippen LogP contribution in [0.2, 0.25) is 0 Å². The molecule has 1 atom stereocenters. The lowest BCUT2D eigenvalue weighted by atomic mass is 9.78. The molecule has 0 aliphatic heterocycles. The standard InChI is InChI=1S/C26H36N4O2.C10H18/c1-6-8-9-11-20(10-7-2)30-24-13-17(3)12-21(23(24)16-28-30)25(31)27-15-22-18(4)14-19(5)29-26(22)32;1-8(10(2,3)4)9-6-5-7-9/h12-14,16,20H,6-11,15H2,1-5H3,(H,27,31)(H,29,32);5-7H2,1-4H3. The summed E-state index contributed by atoms with van der Waals surface area (Å²) in [4.78, 5) is 28.2. The maximum atomic E-state index is 13.1. The van der Waals surface area contributed by atoms with Crippen molar-refractivity contribution in [2.75, 3.05) is 0 Å². The Morgan fingerprint density at radius 3 is 2.31 bits per heavy atom. The highest BCUT2D eigenvalue weighted by Gasteiger charge is 2.21. The van der Waals surface area contributed by atoms with Gasteiger partial charge in [0.2, 0.25) is 0 Å². The van der Waals surface area contributed by atoms with Gasteiger partial charge in [0.1, 0.15) is 0 Å². The third-order valence-electron chi connectivity index (χ3n) is 8.75. The molecule has 2 heterocycles. The van der Waals surface area contributed by atoms with Gasteiger partial charge in [-0.1, -0.05) is 71.4 Å². The Morgan fingerprint density at radius 2 is 1.76 bits per heavy atom. The molecule has 1 aliphatic rings. The molecule has 1 aliphatic carbocycles. The van der Waals surface area contributed by atoms with Crippen LogP contribution in [0.1, 0.15) is 138 Å². The summed E-state index contributed by atoms with van der Waals surface area (Å²) < 4.78 is 2.12. The van der Waals surface area contributed by atoms with Gasteiger partial charge < -0.3 is 10.3 Å². The van der Waals surface area contributed by atoms with Crippen molar-refractivity contribution in [3.8, 4) is 0 Å². The first-order valence-corrected chi connectivity index (χ1v) is 16.0. The molecule has 1 saturated carbocycles. The van der Waals surface area contributed by atoms with Gasteiger partial charge >= 0.3 is 0 Å². The first kappa shape index (κ1) is 33.4. The Bertz CT molecular complexity index is 1450. The number of benzene rings is 1. The summed E-state index contributed by atoms with van der Waals surface area (Å²) in [6, 6.07) is 6.29. The second kappa shape index (κ2) is 14.8. The molecule has 0 spiro atoms. The van der Waals surface area contributed by atoms with E-state index in [9.17, 15) is 9.59 Å². The minimum atomic E-state index is -0.185. The lowest BCUT2D eigenvalue weighted by Gasteiger charge is -2.28. The zero-order valence-electron chi connectivity index (χ0n) is 27.7. The summed E-state index contributed by atoms with van der Waals surface area (Å²) in [5.74, 6) is -0.185. The zero-order chi connectivity index (χ0) is 31.0.